The zero-order chi connectivity index (χ0) is 19.6. The maximum absolute atomic E-state index is 6.46. The Kier molecular flexibility index (Phi) is 11.4. The van der Waals surface area contributed by atoms with Crippen LogP contribution in [-0.2, 0) is 6.42 Å². The zero-order valence-electron chi connectivity index (χ0n) is 16.9. The van der Waals surface area contributed by atoms with E-state index in [-0.39, 0.29) is 30.0 Å². The van der Waals surface area contributed by atoms with Crippen molar-refractivity contribution in [3.63, 3.8) is 0 Å². The standard InChI is InChI=1S/C19H29ClN6O.HI/c1-5-26(6-2)17(15-9-7-8-10-16(15)20)13-23-19(21-4)22-12-11-18-24-14(3)25-27-18;/h7-10,17H,5-6,11-13H2,1-4H3,(H2,21,22,23);1H. The van der Waals surface area contributed by atoms with Crippen LogP contribution in [0.4, 0.5) is 0 Å². The molecule has 1 atom stereocenters. The molecule has 1 unspecified atom stereocenters. The summed E-state index contributed by atoms with van der Waals surface area (Å²) < 4.78 is 5.13. The minimum absolute atomic E-state index is 0. The third kappa shape index (κ3) is 7.21. The number of likely N-dealkylation sites (N-methyl/N-ethyl adjacent to an activating group) is 1. The van der Waals surface area contributed by atoms with E-state index in [4.69, 9.17) is 16.1 Å². The van der Waals surface area contributed by atoms with E-state index in [9.17, 15) is 0 Å². The van der Waals surface area contributed by atoms with Crippen molar-refractivity contribution in [3.8, 4) is 0 Å². The molecule has 0 saturated heterocycles. The molecule has 0 aliphatic carbocycles. The predicted octanol–water partition coefficient (Wildman–Crippen LogP) is 3.44. The van der Waals surface area contributed by atoms with Crippen molar-refractivity contribution in [3.05, 3.63) is 46.6 Å². The Morgan fingerprint density at radius 1 is 1.25 bits per heavy atom. The molecule has 0 bridgehead atoms. The molecule has 2 rings (SSSR count). The summed E-state index contributed by atoms with van der Waals surface area (Å²) >= 11 is 6.46. The van der Waals surface area contributed by atoms with Gasteiger partial charge in [-0.15, -0.1) is 24.0 Å². The van der Waals surface area contributed by atoms with Gasteiger partial charge in [-0.25, -0.2) is 0 Å². The third-order valence-corrected chi connectivity index (χ3v) is 4.75. The Morgan fingerprint density at radius 3 is 2.54 bits per heavy atom. The van der Waals surface area contributed by atoms with Crippen LogP contribution in [0.3, 0.4) is 0 Å². The Hall–Kier alpha value is -1.39. The third-order valence-electron chi connectivity index (χ3n) is 4.40. The molecule has 7 nitrogen and oxygen atoms in total. The molecule has 0 amide bonds. The summed E-state index contributed by atoms with van der Waals surface area (Å²) in [5, 5.41) is 11.3. The summed E-state index contributed by atoms with van der Waals surface area (Å²) in [5.74, 6) is 2.00. The number of nitrogens with one attached hydrogen (secondary N) is 2. The fraction of sp³-hybridized carbons (Fsp3) is 0.526. The number of aliphatic imine (C=N–C) groups is 1. The van der Waals surface area contributed by atoms with Gasteiger partial charge in [0.05, 0.1) is 6.04 Å². The van der Waals surface area contributed by atoms with Crippen LogP contribution in [0, 0.1) is 6.92 Å². The normalized spacial score (nSPS) is 12.6. The number of guanidine groups is 1. The van der Waals surface area contributed by atoms with E-state index >= 15 is 0 Å². The molecule has 1 heterocycles. The number of hydrogen-bond donors (Lipinski definition) is 2. The second-order valence-electron chi connectivity index (χ2n) is 6.12. The molecular formula is C19H30ClIN6O. The van der Waals surface area contributed by atoms with Crippen molar-refractivity contribution in [2.45, 2.75) is 33.2 Å². The molecule has 1 aromatic heterocycles. The quantitative estimate of drug-likeness (QED) is 0.300. The molecule has 9 heteroatoms. The van der Waals surface area contributed by atoms with Gasteiger partial charge in [0.25, 0.3) is 0 Å². The summed E-state index contributed by atoms with van der Waals surface area (Å²) in [7, 11) is 1.76. The second kappa shape index (κ2) is 12.9. The Bertz CT molecular complexity index is 735. The molecule has 2 aromatic rings. The van der Waals surface area contributed by atoms with Gasteiger partial charge in [-0.3, -0.25) is 9.89 Å². The molecule has 0 aliphatic heterocycles. The lowest BCUT2D eigenvalue weighted by molar-refractivity contribution is 0.219. The molecule has 28 heavy (non-hydrogen) atoms. The fourth-order valence-corrected chi connectivity index (χ4v) is 3.25. The molecule has 0 saturated carbocycles. The van der Waals surface area contributed by atoms with Crippen molar-refractivity contribution in [2.24, 2.45) is 4.99 Å². The van der Waals surface area contributed by atoms with Gasteiger partial charge in [-0.2, -0.15) is 4.98 Å². The number of hydrogen-bond acceptors (Lipinski definition) is 5. The van der Waals surface area contributed by atoms with Crippen LogP contribution in [0.25, 0.3) is 0 Å². The first kappa shape index (κ1) is 24.6. The Morgan fingerprint density at radius 2 is 1.96 bits per heavy atom. The van der Waals surface area contributed by atoms with Crippen molar-refractivity contribution < 1.29 is 4.52 Å². The van der Waals surface area contributed by atoms with Gasteiger partial charge < -0.3 is 15.2 Å². The van der Waals surface area contributed by atoms with E-state index in [1.165, 1.54) is 0 Å². The van der Waals surface area contributed by atoms with Gasteiger partial charge >= 0.3 is 0 Å². The summed E-state index contributed by atoms with van der Waals surface area (Å²) in [6.07, 6.45) is 0.644. The Labute approximate surface area is 189 Å². The molecular weight excluding hydrogens is 491 g/mol. The van der Waals surface area contributed by atoms with Crippen LogP contribution in [0.15, 0.2) is 33.8 Å². The fourth-order valence-electron chi connectivity index (χ4n) is 2.99. The van der Waals surface area contributed by atoms with Crippen LogP contribution in [0.5, 0.6) is 0 Å². The molecule has 0 aliphatic rings. The lowest BCUT2D eigenvalue weighted by Crippen LogP contribution is -2.43. The number of aromatic nitrogens is 2. The van der Waals surface area contributed by atoms with Crippen molar-refractivity contribution in [1.82, 2.24) is 25.7 Å². The average molecular weight is 521 g/mol. The molecule has 2 N–H and O–H groups in total. The molecule has 0 spiro atoms. The average Bonchev–Trinajstić information content (AvgIpc) is 3.09. The van der Waals surface area contributed by atoms with E-state index in [2.05, 4.69) is 50.6 Å². The van der Waals surface area contributed by atoms with Crippen LogP contribution >= 0.6 is 35.6 Å². The zero-order valence-corrected chi connectivity index (χ0v) is 20.0. The van der Waals surface area contributed by atoms with Crippen molar-refractivity contribution >= 4 is 41.5 Å². The predicted molar refractivity (Wildman–Crippen MR) is 125 cm³/mol. The number of rotatable bonds is 9. The first-order valence-corrected chi connectivity index (χ1v) is 9.69. The van der Waals surface area contributed by atoms with E-state index in [1.54, 1.807) is 7.05 Å². The molecule has 1 aromatic carbocycles. The maximum atomic E-state index is 6.46. The molecule has 0 radical (unpaired) electrons. The van der Waals surface area contributed by atoms with Gasteiger partial charge in [0.2, 0.25) is 5.89 Å². The van der Waals surface area contributed by atoms with Gasteiger partial charge in [0.1, 0.15) is 0 Å². The Balaban J connectivity index is 0.00000392. The molecule has 156 valence electrons. The van der Waals surface area contributed by atoms with Crippen LogP contribution in [-0.4, -0.2) is 54.2 Å². The molecule has 0 fully saturated rings. The van der Waals surface area contributed by atoms with Crippen molar-refractivity contribution in [1.29, 1.82) is 0 Å². The van der Waals surface area contributed by atoms with Gasteiger partial charge in [0, 0.05) is 31.6 Å². The van der Waals surface area contributed by atoms with E-state index < -0.39 is 0 Å². The van der Waals surface area contributed by atoms with Crippen LogP contribution in [0.2, 0.25) is 5.02 Å². The lowest BCUT2D eigenvalue weighted by Gasteiger charge is -2.31. The summed E-state index contributed by atoms with van der Waals surface area (Å²) in [4.78, 5) is 10.9. The van der Waals surface area contributed by atoms with Gasteiger partial charge in [-0.05, 0) is 31.6 Å². The van der Waals surface area contributed by atoms with E-state index in [0.717, 1.165) is 29.6 Å². The van der Waals surface area contributed by atoms with Crippen LogP contribution < -0.4 is 10.6 Å². The summed E-state index contributed by atoms with van der Waals surface area (Å²) in [6.45, 7) is 9.36. The number of nitrogens with zero attached hydrogens (tertiary/aromatic N) is 4. The summed E-state index contributed by atoms with van der Waals surface area (Å²) in [5.41, 5.74) is 1.12. The minimum atomic E-state index is 0. The van der Waals surface area contributed by atoms with Gasteiger partial charge in [0.15, 0.2) is 11.8 Å². The highest BCUT2D eigenvalue weighted by molar-refractivity contribution is 14.0. The highest BCUT2D eigenvalue weighted by Crippen LogP contribution is 2.26. The highest BCUT2D eigenvalue weighted by atomic mass is 127. The second-order valence-corrected chi connectivity index (χ2v) is 6.53. The SMILES string of the molecule is CCN(CC)C(CNC(=NC)NCCc1nc(C)no1)c1ccccc1Cl.I. The number of aryl methyl sites for hydroxylation is 1. The summed E-state index contributed by atoms with van der Waals surface area (Å²) in [6, 6.07) is 8.16. The topological polar surface area (TPSA) is 78.6 Å². The highest BCUT2D eigenvalue weighted by Gasteiger charge is 2.20. The smallest absolute Gasteiger partial charge is 0.228 e. The van der Waals surface area contributed by atoms with Gasteiger partial charge in [-0.1, -0.05) is 48.8 Å². The maximum Gasteiger partial charge on any atom is 0.228 e. The largest absolute Gasteiger partial charge is 0.356 e. The first-order chi connectivity index (χ1) is 13.1. The number of halogens is 2. The minimum Gasteiger partial charge on any atom is -0.356 e. The first-order valence-electron chi connectivity index (χ1n) is 9.31. The monoisotopic (exact) mass is 520 g/mol. The lowest BCUT2D eigenvalue weighted by atomic mass is 10.0. The van der Waals surface area contributed by atoms with E-state index in [1.807, 2.05) is 25.1 Å². The van der Waals surface area contributed by atoms with Crippen LogP contribution in [0.1, 0.15) is 37.2 Å². The van der Waals surface area contributed by atoms with Crippen molar-refractivity contribution in [2.75, 3.05) is 33.2 Å². The van der Waals surface area contributed by atoms with E-state index in [0.29, 0.717) is 31.2 Å². The number of benzene rings is 1.